The first-order chi connectivity index (χ1) is 10.0. The Morgan fingerprint density at radius 1 is 1.14 bits per heavy atom. The summed E-state index contributed by atoms with van der Waals surface area (Å²) in [5, 5.41) is 2.71. The lowest BCUT2D eigenvalue weighted by molar-refractivity contribution is 0.327. The molecule has 2 aromatic heterocycles. The molecule has 8 nitrogen and oxygen atoms in total. The number of hydrogen-bond acceptors (Lipinski definition) is 7. The van der Waals surface area contributed by atoms with Gasteiger partial charge in [-0.3, -0.25) is 4.72 Å². The van der Waals surface area contributed by atoms with E-state index in [4.69, 9.17) is 4.74 Å². The maximum absolute atomic E-state index is 12.1. The summed E-state index contributed by atoms with van der Waals surface area (Å²) in [6.45, 7) is 2.33. The van der Waals surface area contributed by atoms with Crippen molar-refractivity contribution in [3.05, 3.63) is 30.7 Å². The number of ether oxygens (including phenoxy) is 1. The van der Waals surface area contributed by atoms with E-state index < -0.39 is 10.0 Å². The van der Waals surface area contributed by atoms with Gasteiger partial charge in [0.15, 0.2) is 0 Å². The number of rotatable bonds is 6. The molecule has 112 valence electrons. The van der Waals surface area contributed by atoms with E-state index in [0.29, 0.717) is 24.1 Å². The second-order valence-corrected chi connectivity index (χ2v) is 5.60. The topological polar surface area (TPSA) is 106 Å². The van der Waals surface area contributed by atoms with Crippen molar-refractivity contribution in [2.45, 2.75) is 11.8 Å². The molecule has 21 heavy (non-hydrogen) atoms. The summed E-state index contributed by atoms with van der Waals surface area (Å²) in [6.07, 6.45) is 3.83. The smallest absolute Gasteiger partial charge is 0.265 e. The van der Waals surface area contributed by atoms with Gasteiger partial charge in [0.1, 0.15) is 4.90 Å². The van der Waals surface area contributed by atoms with Crippen molar-refractivity contribution >= 4 is 21.7 Å². The molecule has 0 amide bonds. The Morgan fingerprint density at radius 3 is 2.38 bits per heavy atom. The van der Waals surface area contributed by atoms with Crippen LogP contribution in [-0.4, -0.2) is 37.0 Å². The van der Waals surface area contributed by atoms with E-state index in [0.717, 1.165) is 0 Å². The van der Waals surface area contributed by atoms with Gasteiger partial charge in [-0.2, -0.15) is 0 Å². The Kier molecular flexibility index (Phi) is 4.53. The highest BCUT2D eigenvalue weighted by atomic mass is 32.2. The Hall–Kier alpha value is -2.42. The highest BCUT2D eigenvalue weighted by Crippen LogP contribution is 2.16. The molecular weight excluding hydrogens is 294 g/mol. The van der Waals surface area contributed by atoms with Gasteiger partial charge in [-0.25, -0.2) is 23.4 Å². The molecule has 0 saturated heterocycles. The van der Waals surface area contributed by atoms with Crippen LogP contribution in [-0.2, 0) is 10.0 Å². The van der Waals surface area contributed by atoms with Gasteiger partial charge in [0, 0.05) is 13.1 Å². The molecule has 0 atom stereocenters. The van der Waals surface area contributed by atoms with Gasteiger partial charge in [-0.15, -0.1) is 0 Å². The number of pyridine rings is 1. The Bertz CT molecular complexity index is 686. The summed E-state index contributed by atoms with van der Waals surface area (Å²) >= 11 is 0. The van der Waals surface area contributed by atoms with Crippen molar-refractivity contribution in [3.8, 4) is 5.88 Å². The summed E-state index contributed by atoms with van der Waals surface area (Å²) in [6, 6.07) is 3.15. The first-order valence-electron chi connectivity index (χ1n) is 6.16. The zero-order valence-corrected chi connectivity index (χ0v) is 12.4. The summed E-state index contributed by atoms with van der Waals surface area (Å²) in [5.74, 6) is 0.777. The van der Waals surface area contributed by atoms with Crippen molar-refractivity contribution in [3.63, 3.8) is 0 Å². The molecule has 0 aliphatic carbocycles. The lowest BCUT2D eigenvalue weighted by Gasteiger charge is -2.08. The molecule has 0 fully saturated rings. The fraction of sp³-hybridized carbons (Fsp3) is 0.250. The first kappa shape index (κ1) is 15.0. The van der Waals surface area contributed by atoms with Crippen LogP contribution in [0.25, 0.3) is 0 Å². The van der Waals surface area contributed by atoms with Gasteiger partial charge in [0.05, 0.1) is 30.9 Å². The first-order valence-corrected chi connectivity index (χ1v) is 7.65. The maximum atomic E-state index is 12.1. The van der Waals surface area contributed by atoms with Gasteiger partial charge in [-0.05, 0) is 13.0 Å². The average molecular weight is 309 g/mol. The molecule has 0 spiro atoms. The van der Waals surface area contributed by atoms with Crippen LogP contribution in [0, 0.1) is 0 Å². The standard InChI is InChI=1S/C12H15N5O3S/c1-3-20-11-5-4-9(6-14-11)17-21(18,19)10-7-15-12(13-2)16-8-10/h4-8,17H,3H2,1-2H3,(H,13,15,16). The Balaban J connectivity index is 2.16. The number of nitrogens with one attached hydrogen (secondary N) is 2. The number of sulfonamides is 1. The average Bonchev–Trinajstić information content (AvgIpc) is 2.49. The van der Waals surface area contributed by atoms with Crippen LogP contribution in [0.3, 0.4) is 0 Å². The molecular formula is C12H15N5O3S. The lowest BCUT2D eigenvalue weighted by atomic mass is 10.4. The van der Waals surface area contributed by atoms with Crippen molar-refractivity contribution in [1.29, 1.82) is 0 Å². The van der Waals surface area contributed by atoms with Crippen LogP contribution in [0.2, 0.25) is 0 Å². The van der Waals surface area contributed by atoms with Crippen molar-refractivity contribution in [2.75, 3.05) is 23.7 Å². The Morgan fingerprint density at radius 2 is 1.86 bits per heavy atom. The van der Waals surface area contributed by atoms with Crippen molar-refractivity contribution in [1.82, 2.24) is 15.0 Å². The second kappa shape index (κ2) is 6.35. The molecule has 2 heterocycles. The Labute approximate surface area is 122 Å². The molecule has 0 bridgehead atoms. The van der Waals surface area contributed by atoms with Gasteiger partial charge >= 0.3 is 0 Å². The highest BCUT2D eigenvalue weighted by Gasteiger charge is 2.15. The second-order valence-electron chi connectivity index (χ2n) is 3.92. The monoisotopic (exact) mass is 309 g/mol. The predicted molar refractivity (Wildman–Crippen MR) is 77.8 cm³/mol. The van der Waals surface area contributed by atoms with Gasteiger partial charge in [0.25, 0.3) is 10.0 Å². The van der Waals surface area contributed by atoms with Gasteiger partial charge < -0.3 is 10.1 Å². The van der Waals surface area contributed by atoms with E-state index >= 15 is 0 Å². The molecule has 0 aliphatic heterocycles. The van der Waals surface area contributed by atoms with E-state index in [2.05, 4.69) is 25.0 Å². The minimum absolute atomic E-state index is 0.0321. The van der Waals surface area contributed by atoms with Crippen LogP contribution in [0.15, 0.2) is 35.6 Å². The summed E-state index contributed by atoms with van der Waals surface area (Å²) in [5.41, 5.74) is 0.330. The number of hydrogen-bond donors (Lipinski definition) is 2. The maximum Gasteiger partial charge on any atom is 0.265 e. The minimum atomic E-state index is -3.75. The molecule has 2 rings (SSSR count). The SMILES string of the molecule is CCOc1ccc(NS(=O)(=O)c2cnc(NC)nc2)cn1. The summed E-state index contributed by atoms with van der Waals surface area (Å²) in [7, 11) is -2.10. The summed E-state index contributed by atoms with van der Waals surface area (Å²) < 4.78 is 31.9. The molecule has 0 radical (unpaired) electrons. The number of nitrogens with zero attached hydrogens (tertiary/aromatic N) is 3. The zero-order chi connectivity index (χ0) is 15.3. The molecule has 0 unspecified atom stereocenters. The van der Waals surface area contributed by atoms with Crippen LogP contribution in [0.4, 0.5) is 11.6 Å². The van der Waals surface area contributed by atoms with Gasteiger partial charge in [-0.1, -0.05) is 0 Å². The third-order valence-corrected chi connectivity index (χ3v) is 3.78. The van der Waals surface area contributed by atoms with Crippen LogP contribution in [0.1, 0.15) is 6.92 Å². The fourth-order valence-corrected chi connectivity index (χ4v) is 2.40. The van der Waals surface area contributed by atoms with Crippen LogP contribution < -0.4 is 14.8 Å². The molecule has 0 aliphatic rings. The molecule has 2 N–H and O–H groups in total. The molecule has 2 aromatic rings. The number of anilines is 2. The quantitative estimate of drug-likeness (QED) is 0.823. The minimum Gasteiger partial charge on any atom is -0.478 e. The molecule has 9 heteroatoms. The summed E-state index contributed by atoms with van der Waals surface area (Å²) in [4.78, 5) is 11.7. The lowest BCUT2D eigenvalue weighted by Crippen LogP contribution is -2.14. The van der Waals surface area contributed by atoms with Crippen molar-refractivity contribution < 1.29 is 13.2 Å². The normalized spacial score (nSPS) is 11.0. The molecule has 0 saturated carbocycles. The zero-order valence-electron chi connectivity index (χ0n) is 11.6. The highest BCUT2D eigenvalue weighted by molar-refractivity contribution is 7.92. The van der Waals surface area contributed by atoms with Crippen LogP contribution >= 0.6 is 0 Å². The number of aromatic nitrogens is 3. The third-order valence-electron chi connectivity index (χ3n) is 2.44. The third kappa shape index (κ3) is 3.78. The largest absolute Gasteiger partial charge is 0.478 e. The van der Waals surface area contributed by atoms with Crippen molar-refractivity contribution in [2.24, 2.45) is 0 Å². The molecule has 0 aromatic carbocycles. The predicted octanol–water partition coefficient (Wildman–Crippen LogP) is 1.11. The van der Waals surface area contributed by atoms with Gasteiger partial charge in [0.2, 0.25) is 11.8 Å². The van der Waals surface area contributed by atoms with E-state index in [9.17, 15) is 8.42 Å². The van der Waals surface area contributed by atoms with E-state index in [1.807, 2.05) is 6.92 Å². The fourth-order valence-electron chi connectivity index (χ4n) is 1.47. The van der Waals surface area contributed by atoms with Crippen LogP contribution in [0.5, 0.6) is 5.88 Å². The van der Waals surface area contributed by atoms with E-state index in [-0.39, 0.29) is 4.90 Å². The van der Waals surface area contributed by atoms with E-state index in [1.54, 1.807) is 19.2 Å². The van der Waals surface area contributed by atoms with E-state index in [1.165, 1.54) is 18.6 Å².